The Morgan fingerprint density at radius 3 is 2.80 bits per heavy atom. The van der Waals surface area contributed by atoms with E-state index in [0.717, 1.165) is 25.9 Å². The normalized spacial score (nSPS) is 28.9. The quantitative estimate of drug-likeness (QED) is 0.764. The summed E-state index contributed by atoms with van der Waals surface area (Å²) in [6, 6.07) is 0.224. The predicted octanol–water partition coefficient (Wildman–Crippen LogP) is 1.37. The Hall–Kier alpha value is -0.570. The van der Waals surface area contributed by atoms with Crippen molar-refractivity contribution in [2.24, 2.45) is 17.6 Å². The summed E-state index contributed by atoms with van der Waals surface area (Å²) < 4.78 is 0. The lowest BCUT2D eigenvalue weighted by atomic mass is 9.92. The summed E-state index contributed by atoms with van der Waals surface area (Å²) in [4.78, 5) is 13.9. The third-order valence-corrected chi connectivity index (χ3v) is 3.71. The summed E-state index contributed by atoms with van der Waals surface area (Å²) in [6.07, 6.45) is 5.62. The van der Waals surface area contributed by atoms with Gasteiger partial charge in [0.2, 0.25) is 5.91 Å². The van der Waals surface area contributed by atoms with Gasteiger partial charge in [0.15, 0.2) is 0 Å². The van der Waals surface area contributed by atoms with Gasteiger partial charge >= 0.3 is 0 Å². The van der Waals surface area contributed by atoms with Crippen molar-refractivity contribution in [2.75, 3.05) is 13.1 Å². The van der Waals surface area contributed by atoms with Crippen LogP contribution in [0, 0.1) is 11.8 Å². The second kappa shape index (κ2) is 4.52. The van der Waals surface area contributed by atoms with Crippen LogP contribution in [-0.4, -0.2) is 29.9 Å². The van der Waals surface area contributed by atoms with E-state index in [1.807, 2.05) is 4.90 Å². The predicted molar refractivity (Wildman–Crippen MR) is 60.3 cm³/mol. The summed E-state index contributed by atoms with van der Waals surface area (Å²) in [7, 11) is 0. The van der Waals surface area contributed by atoms with E-state index >= 15 is 0 Å². The number of carbonyl (C=O) groups excluding carboxylic acids is 1. The summed E-state index contributed by atoms with van der Waals surface area (Å²) in [6.45, 7) is 3.90. The zero-order valence-electron chi connectivity index (χ0n) is 9.61. The van der Waals surface area contributed by atoms with Crippen LogP contribution in [0.3, 0.4) is 0 Å². The lowest BCUT2D eigenvalue weighted by molar-refractivity contribution is -0.133. The molecule has 2 atom stereocenters. The molecule has 0 bridgehead atoms. The van der Waals surface area contributed by atoms with Crippen molar-refractivity contribution in [1.29, 1.82) is 0 Å². The fourth-order valence-corrected chi connectivity index (χ4v) is 2.36. The first-order chi connectivity index (χ1) is 7.16. The molecule has 15 heavy (non-hydrogen) atoms. The van der Waals surface area contributed by atoms with Gasteiger partial charge in [0.05, 0.1) is 0 Å². The molecule has 2 aliphatic rings. The highest BCUT2D eigenvalue weighted by Crippen LogP contribution is 2.33. The van der Waals surface area contributed by atoms with Crippen molar-refractivity contribution in [3.8, 4) is 0 Å². The van der Waals surface area contributed by atoms with Crippen molar-refractivity contribution in [2.45, 2.75) is 45.1 Å². The molecular formula is C12H22N2O. The highest BCUT2D eigenvalue weighted by Gasteiger charge is 2.30. The Morgan fingerprint density at radius 2 is 2.20 bits per heavy atom. The standard InChI is InChI=1S/C12H22N2O/c1-9(13)11-3-2-6-14(8-11)12(15)7-10-4-5-10/h9-11H,2-8,13H2,1H3. The molecule has 1 saturated carbocycles. The third kappa shape index (κ3) is 2.94. The van der Waals surface area contributed by atoms with E-state index in [0.29, 0.717) is 17.7 Å². The van der Waals surface area contributed by atoms with Crippen molar-refractivity contribution in [3.63, 3.8) is 0 Å². The molecule has 0 aromatic carbocycles. The van der Waals surface area contributed by atoms with Crippen LogP contribution < -0.4 is 5.73 Å². The summed E-state index contributed by atoms with van der Waals surface area (Å²) in [5.74, 6) is 1.58. The minimum absolute atomic E-state index is 0.224. The number of piperidine rings is 1. The third-order valence-electron chi connectivity index (χ3n) is 3.71. The molecular weight excluding hydrogens is 188 g/mol. The molecule has 2 unspecified atom stereocenters. The van der Waals surface area contributed by atoms with Gasteiger partial charge in [-0.2, -0.15) is 0 Å². The van der Waals surface area contributed by atoms with Crippen molar-refractivity contribution >= 4 is 5.91 Å². The number of amides is 1. The lowest BCUT2D eigenvalue weighted by Gasteiger charge is -2.34. The van der Waals surface area contributed by atoms with E-state index in [1.54, 1.807) is 0 Å². The van der Waals surface area contributed by atoms with Crippen LogP contribution in [0.4, 0.5) is 0 Å². The summed E-state index contributed by atoms with van der Waals surface area (Å²) in [5, 5.41) is 0. The Labute approximate surface area is 92.0 Å². The molecule has 0 spiro atoms. The minimum atomic E-state index is 0.224. The number of hydrogen-bond acceptors (Lipinski definition) is 2. The molecule has 3 heteroatoms. The van der Waals surface area contributed by atoms with Crippen molar-refractivity contribution in [3.05, 3.63) is 0 Å². The first kappa shape index (κ1) is 10.9. The second-order valence-electron chi connectivity index (χ2n) is 5.25. The van der Waals surface area contributed by atoms with Gasteiger partial charge in [0.1, 0.15) is 0 Å². The molecule has 2 N–H and O–H groups in total. The average molecular weight is 210 g/mol. The first-order valence-electron chi connectivity index (χ1n) is 6.20. The minimum Gasteiger partial charge on any atom is -0.342 e. The number of nitrogens with zero attached hydrogens (tertiary/aromatic N) is 1. The van der Waals surface area contributed by atoms with Gasteiger partial charge in [-0.3, -0.25) is 4.79 Å². The molecule has 1 saturated heterocycles. The van der Waals surface area contributed by atoms with Gasteiger partial charge in [0.25, 0.3) is 0 Å². The van der Waals surface area contributed by atoms with Crippen molar-refractivity contribution < 1.29 is 4.79 Å². The zero-order valence-corrected chi connectivity index (χ0v) is 9.61. The molecule has 0 radical (unpaired) electrons. The Balaban J connectivity index is 1.82. The Bertz CT molecular complexity index is 236. The monoisotopic (exact) mass is 210 g/mol. The van der Waals surface area contributed by atoms with E-state index in [2.05, 4.69) is 6.92 Å². The topological polar surface area (TPSA) is 46.3 Å². The Morgan fingerprint density at radius 1 is 1.47 bits per heavy atom. The van der Waals surface area contributed by atoms with E-state index in [4.69, 9.17) is 5.73 Å². The molecule has 1 heterocycles. The maximum absolute atomic E-state index is 11.9. The largest absolute Gasteiger partial charge is 0.342 e. The number of nitrogens with two attached hydrogens (primary N) is 1. The molecule has 1 aliphatic heterocycles. The first-order valence-corrected chi connectivity index (χ1v) is 6.20. The molecule has 86 valence electrons. The molecule has 2 rings (SSSR count). The SMILES string of the molecule is CC(N)C1CCCN(C(=O)CC2CC2)C1. The molecule has 0 aromatic rings. The fourth-order valence-electron chi connectivity index (χ4n) is 2.36. The van der Waals surface area contributed by atoms with Gasteiger partial charge in [-0.25, -0.2) is 0 Å². The van der Waals surface area contributed by atoms with Gasteiger partial charge in [-0.1, -0.05) is 0 Å². The van der Waals surface area contributed by atoms with E-state index < -0.39 is 0 Å². The van der Waals surface area contributed by atoms with Crippen LogP contribution in [-0.2, 0) is 4.79 Å². The van der Waals surface area contributed by atoms with Crippen LogP contribution in [0.2, 0.25) is 0 Å². The zero-order chi connectivity index (χ0) is 10.8. The highest BCUT2D eigenvalue weighted by atomic mass is 16.2. The second-order valence-corrected chi connectivity index (χ2v) is 5.25. The Kier molecular flexibility index (Phi) is 3.29. The van der Waals surface area contributed by atoms with Crippen LogP contribution in [0.25, 0.3) is 0 Å². The summed E-state index contributed by atoms with van der Waals surface area (Å²) in [5.41, 5.74) is 5.91. The molecule has 2 fully saturated rings. The van der Waals surface area contributed by atoms with Gasteiger partial charge < -0.3 is 10.6 Å². The smallest absolute Gasteiger partial charge is 0.222 e. The number of likely N-dealkylation sites (tertiary alicyclic amines) is 1. The maximum atomic E-state index is 11.9. The van der Waals surface area contributed by atoms with Gasteiger partial charge in [-0.15, -0.1) is 0 Å². The fraction of sp³-hybridized carbons (Fsp3) is 0.917. The van der Waals surface area contributed by atoms with Crippen LogP contribution >= 0.6 is 0 Å². The maximum Gasteiger partial charge on any atom is 0.222 e. The van der Waals surface area contributed by atoms with Gasteiger partial charge in [-0.05, 0) is 44.4 Å². The number of carbonyl (C=O) groups is 1. The molecule has 3 nitrogen and oxygen atoms in total. The van der Waals surface area contributed by atoms with E-state index in [9.17, 15) is 4.79 Å². The lowest BCUT2D eigenvalue weighted by Crippen LogP contribution is -2.45. The molecule has 1 aliphatic carbocycles. The number of hydrogen-bond donors (Lipinski definition) is 1. The average Bonchev–Trinajstić information content (AvgIpc) is 3.02. The van der Waals surface area contributed by atoms with Crippen LogP contribution in [0.5, 0.6) is 0 Å². The summed E-state index contributed by atoms with van der Waals surface area (Å²) >= 11 is 0. The number of rotatable bonds is 3. The van der Waals surface area contributed by atoms with Gasteiger partial charge in [0, 0.05) is 25.6 Å². The highest BCUT2D eigenvalue weighted by molar-refractivity contribution is 5.76. The van der Waals surface area contributed by atoms with E-state index in [1.165, 1.54) is 19.3 Å². The molecule has 1 amide bonds. The van der Waals surface area contributed by atoms with Crippen molar-refractivity contribution in [1.82, 2.24) is 4.90 Å². The van der Waals surface area contributed by atoms with Crippen LogP contribution in [0.1, 0.15) is 39.0 Å². The molecule has 0 aromatic heterocycles. The van der Waals surface area contributed by atoms with Crippen LogP contribution in [0.15, 0.2) is 0 Å². The van der Waals surface area contributed by atoms with E-state index in [-0.39, 0.29) is 6.04 Å².